The van der Waals surface area contributed by atoms with Crippen LogP contribution < -0.4 is 0 Å². The van der Waals surface area contributed by atoms with E-state index in [4.69, 9.17) is 38.6 Å². The Hall–Kier alpha value is -0.340. The number of hydrogen-bond donors (Lipinski definition) is 2. The monoisotopic (exact) mass is 701 g/mol. The molecule has 0 amide bonds. The van der Waals surface area contributed by atoms with Crippen LogP contribution in [-0.2, 0) is 14.2 Å². The summed E-state index contributed by atoms with van der Waals surface area (Å²) in [7, 11) is 0. The van der Waals surface area contributed by atoms with Gasteiger partial charge in [0.2, 0.25) is 0 Å². The van der Waals surface area contributed by atoms with Crippen molar-refractivity contribution in [3.8, 4) is 0 Å². The molecule has 7 heteroatoms. The molecular formula is C40H76O5S2. The summed E-state index contributed by atoms with van der Waals surface area (Å²) >= 11 is 11.1. The van der Waals surface area contributed by atoms with E-state index in [0.29, 0.717) is 16.5 Å². The second-order valence-electron chi connectivity index (χ2n) is 14.2. The zero-order valence-electron chi connectivity index (χ0n) is 30.9. The van der Waals surface area contributed by atoms with Gasteiger partial charge in [0.05, 0.1) is 13.2 Å². The first kappa shape index (κ1) is 44.7. The van der Waals surface area contributed by atoms with E-state index in [1.54, 1.807) is 0 Å². The van der Waals surface area contributed by atoms with Crippen molar-refractivity contribution in [1.82, 2.24) is 0 Å². The lowest BCUT2D eigenvalue weighted by Crippen LogP contribution is -2.56. The zero-order chi connectivity index (χ0) is 34.2. The van der Waals surface area contributed by atoms with Crippen molar-refractivity contribution in [2.24, 2.45) is 0 Å². The lowest BCUT2D eigenvalue weighted by molar-refractivity contribution is -0.186. The van der Waals surface area contributed by atoms with Gasteiger partial charge in [0.25, 0.3) is 0 Å². The molecule has 0 aliphatic carbocycles. The molecule has 0 aromatic rings. The van der Waals surface area contributed by atoms with Gasteiger partial charge in [-0.1, -0.05) is 181 Å². The maximum absolute atomic E-state index is 10.9. The van der Waals surface area contributed by atoms with E-state index in [1.807, 2.05) is 0 Å². The van der Waals surface area contributed by atoms with Crippen LogP contribution in [0.3, 0.4) is 0 Å². The first-order valence-electron chi connectivity index (χ1n) is 20.3. The van der Waals surface area contributed by atoms with Crippen molar-refractivity contribution in [3.63, 3.8) is 0 Å². The molecule has 1 aliphatic heterocycles. The number of hydrogen-bond acceptors (Lipinski definition) is 7. The lowest BCUT2D eigenvalue weighted by atomic mass is 10.00. The van der Waals surface area contributed by atoms with Crippen molar-refractivity contribution in [2.75, 3.05) is 13.2 Å². The number of aliphatic hydroxyl groups excluding tert-OH is 2. The molecule has 0 bridgehead atoms. The van der Waals surface area contributed by atoms with Gasteiger partial charge in [-0.25, -0.2) is 0 Å². The van der Waals surface area contributed by atoms with E-state index < -0.39 is 24.4 Å². The lowest BCUT2D eigenvalue weighted by Gasteiger charge is -2.39. The third kappa shape index (κ3) is 25.3. The predicted molar refractivity (Wildman–Crippen MR) is 208 cm³/mol. The molecule has 4 atom stereocenters. The molecule has 0 aromatic heterocycles. The Morgan fingerprint density at radius 1 is 0.532 bits per heavy atom. The Morgan fingerprint density at radius 2 is 0.851 bits per heavy atom. The molecule has 1 fully saturated rings. The number of ether oxygens (including phenoxy) is 3. The maximum Gasteiger partial charge on any atom is 0.167 e. The molecule has 1 rings (SSSR count). The van der Waals surface area contributed by atoms with Gasteiger partial charge >= 0.3 is 0 Å². The van der Waals surface area contributed by atoms with Gasteiger partial charge in [0, 0.05) is 12.8 Å². The molecule has 5 nitrogen and oxygen atoms in total. The first-order valence-corrected chi connectivity index (χ1v) is 21.1. The molecule has 0 aromatic carbocycles. The van der Waals surface area contributed by atoms with Crippen LogP contribution in [0.2, 0.25) is 0 Å². The summed E-state index contributed by atoms with van der Waals surface area (Å²) in [6.07, 6.45) is 35.4. The van der Waals surface area contributed by atoms with Crippen molar-refractivity contribution in [3.05, 3.63) is 0 Å². The average molecular weight is 701 g/mol. The Kier molecular flexibility index (Phi) is 31.2. The largest absolute Gasteiger partial charge is 0.477 e. The fraction of sp³-hybridized carbons (Fsp3) is 0.950. The van der Waals surface area contributed by atoms with Crippen LogP contribution in [0, 0.1) is 0 Å². The van der Waals surface area contributed by atoms with Gasteiger partial charge in [0.1, 0.15) is 12.2 Å². The normalized spacial score (nSPS) is 19.6. The fourth-order valence-electron chi connectivity index (χ4n) is 6.62. The Labute approximate surface area is 302 Å². The van der Waals surface area contributed by atoms with Crippen LogP contribution in [0.25, 0.3) is 0 Å². The van der Waals surface area contributed by atoms with E-state index in [1.165, 1.54) is 154 Å². The zero-order valence-corrected chi connectivity index (χ0v) is 32.5. The van der Waals surface area contributed by atoms with E-state index in [0.717, 1.165) is 32.1 Å². The molecule has 0 radical (unpaired) electrons. The van der Waals surface area contributed by atoms with Gasteiger partial charge in [-0.05, 0) is 37.3 Å². The third-order valence-electron chi connectivity index (χ3n) is 9.76. The summed E-state index contributed by atoms with van der Waals surface area (Å²) in [5, 5.41) is 21.6. The summed E-state index contributed by atoms with van der Waals surface area (Å²) in [5.74, 6) is 0. The SMILES string of the molecule is CCCCCCCCCCCCCCCCC(=S)O[C@@H]1[C@@H](O)[C@H](CO)OC[C@H]1OC(=S)CCCCCCCCCCCCCCCC. The molecular weight excluding hydrogens is 625 g/mol. The minimum absolute atomic E-state index is 0.216. The van der Waals surface area contributed by atoms with E-state index in [-0.39, 0.29) is 13.2 Å². The predicted octanol–water partition coefficient (Wildman–Crippen LogP) is 11.9. The molecule has 47 heavy (non-hydrogen) atoms. The van der Waals surface area contributed by atoms with Crippen LogP contribution in [-0.4, -0.2) is 57.9 Å². The topological polar surface area (TPSA) is 68.2 Å². The summed E-state index contributed by atoms with van der Waals surface area (Å²) in [5.41, 5.74) is 0. The van der Waals surface area contributed by atoms with E-state index in [9.17, 15) is 10.2 Å². The molecule has 278 valence electrons. The van der Waals surface area contributed by atoms with Gasteiger partial charge in [-0.15, -0.1) is 0 Å². The highest BCUT2D eigenvalue weighted by atomic mass is 32.1. The molecule has 1 aliphatic rings. The van der Waals surface area contributed by atoms with Gasteiger partial charge in [0.15, 0.2) is 22.3 Å². The van der Waals surface area contributed by atoms with Crippen LogP contribution >= 0.6 is 24.4 Å². The second-order valence-corrected chi connectivity index (χ2v) is 15.1. The Bertz CT molecular complexity index is 721. The molecule has 0 saturated carbocycles. The standard InChI is InChI=1S/C40H76O5S2/c1-3-5-7-9-11-13-15-17-19-21-23-25-27-29-31-37(46)44-36-34-43-35(33-41)39(42)40(36)45-38(47)32-30-28-26-24-22-20-18-16-14-12-10-8-6-4-2/h35-36,39-42H,3-34H2,1-2H3/t35-,36+,39-,40-/m0/s1. The Balaban J connectivity index is 2.15. The quantitative estimate of drug-likeness (QED) is 0.0522. The summed E-state index contributed by atoms with van der Waals surface area (Å²) in [6, 6.07) is 0. The minimum Gasteiger partial charge on any atom is -0.477 e. The van der Waals surface area contributed by atoms with Gasteiger partial charge in [-0.2, -0.15) is 0 Å². The first-order chi connectivity index (χ1) is 23.0. The number of rotatable bonds is 33. The van der Waals surface area contributed by atoms with Crippen LogP contribution in [0.5, 0.6) is 0 Å². The maximum atomic E-state index is 10.9. The molecule has 0 unspecified atom stereocenters. The van der Waals surface area contributed by atoms with Crippen LogP contribution in [0.15, 0.2) is 0 Å². The average Bonchev–Trinajstić information content (AvgIpc) is 3.06. The van der Waals surface area contributed by atoms with Crippen LogP contribution in [0.4, 0.5) is 0 Å². The summed E-state index contributed by atoms with van der Waals surface area (Å²) in [6.45, 7) is 4.49. The highest BCUT2D eigenvalue weighted by molar-refractivity contribution is 7.80. The minimum atomic E-state index is -1.02. The van der Waals surface area contributed by atoms with Crippen molar-refractivity contribution in [2.45, 2.75) is 231 Å². The molecule has 1 saturated heterocycles. The number of unbranched alkanes of at least 4 members (excludes halogenated alkanes) is 26. The van der Waals surface area contributed by atoms with Gasteiger partial charge in [-0.3, -0.25) is 0 Å². The molecule has 0 spiro atoms. The summed E-state index contributed by atoms with van der Waals surface area (Å²) < 4.78 is 17.9. The van der Waals surface area contributed by atoms with E-state index >= 15 is 0 Å². The van der Waals surface area contributed by atoms with E-state index in [2.05, 4.69) is 13.8 Å². The van der Waals surface area contributed by atoms with Gasteiger partial charge < -0.3 is 24.4 Å². The summed E-state index contributed by atoms with van der Waals surface area (Å²) in [4.78, 5) is 0. The number of thiocarbonyl (C=S) groups is 2. The van der Waals surface area contributed by atoms with Crippen molar-refractivity contribution >= 4 is 34.5 Å². The smallest absolute Gasteiger partial charge is 0.167 e. The highest BCUT2D eigenvalue weighted by Crippen LogP contribution is 2.24. The molecule has 1 heterocycles. The second kappa shape index (κ2) is 32.8. The van der Waals surface area contributed by atoms with Crippen molar-refractivity contribution < 1.29 is 24.4 Å². The highest BCUT2D eigenvalue weighted by Gasteiger charge is 2.43. The molecule has 2 N–H and O–H groups in total. The number of aliphatic hydroxyl groups is 2. The third-order valence-corrected chi connectivity index (χ3v) is 10.4. The van der Waals surface area contributed by atoms with Crippen LogP contribution in [0.1, 0.15) is 206 Å². The Morgan fingerprint density at radius 3 is 1.19 bits per heavy atom. The van der Waals surface area contributed by atoms with Crippen molar-refractivity contribution in [1.29, 1.82) is 0 Å². The fourth-order valence-corrected chi connectivity index (χ4v) is 7.14.